The van der Waals surface area contributed by atoms with Crippen LogP contribution in [0.3, 0.4) is 0 Å². The highest BCUT2D eigenvalue weighted by Gasteiger charge is 2.21. The molecule has 4 N–H and O–H groups in total. The number of aryl methyl sites for hydroxylation is 1. The van der Waals surface area contributed by atoms with Gasteiger partial charge in [-0.05, 0) is 49.3 Å². The second-order valence-corrected chi connectivity index (χ2v) is 7.97. The fourth-order valence-electron chi connectivity index (χ4n) is 2.97. The molecule has 4 heteroatoms. The van der Waals surface area contributed by atoms with Crippen LogP contribution in [-0.4, -0.2) is 29.0 Å². The van der Waals surface area contributed by atoms with Gasteiger partial charge in [0.05, 0.1) is 13.2 Å². The molecule has 0 saturated carbocycles. The van der Waals surface area contributed by atoms with Crippen molar-refractivity contribution in [3.63, 3.8) is 0 Å². The summed E-state index contributed by atoms with van der Waals surface area (Å²) in [5.74, 6) is 1.53. The van der Waals surface area contributed by atoms with Crippen molar-refractivity contribution in [2.24, 2.45) is 11.7 Å². The molecule has 0 heterocycles. The van der Waals surface area contributed by atoms with Crippen LogP contribution in [0.25, 0.3) is 0 Å². The van der Waals surface area contributed by atoms with Gasteiger partial charge in [0.25, 0.3) is 0 Å². The maximum atomic E-state index is 10.2. The Labute approximate surface area is 159 Å². The minimum Gasteiger partial charge on any atom is -0.504 e. The van der Waals surface area contributed by atoms with Gasteiger partial charge in [0.2, 0.25) is 0 Å². The van der Waals surface area contributed by atoms with Gasteiger partial charge in [0.1, 0.15) is 0 Å². The first kappa shape index (κ1) is 22.8. The average Bonchev–Trinajstić information content (AvgIpc) is 2.63. The van der Waals surface area contributed by atoms with Crippen molar-refractivity contribution in [1.29, 1.82) is 0 Å². The van der Waals surface area contributed by atoms with E-state index in [1.54, 1.807) is 6.07 Å². The van der Waals surface area contributed by atoms with Crippen molar-refractivity contribution in [2.45, 2.75) is 84.1 Å². The number of rotatable bonds is 14. The number of phenolic OH excluding ortho intramolecular Hbond substituents is 1. The van der Waals surface area contributed by atoms with Crippen molar-refractivity contribution in [3.05, 3.63) is 23.8 Å². The lowest BCUT2D eigenvalue weighted by Gasteiger charge is -2.25. The van der Waals surface area contributed by atoms with Gasteiger partial charge in [0.15, 0.2) is 11.5 Å². The van der Waals surface area contributed by atoms with Crippen molar-refractivity contribution in [3.8, 4) is 11.5 Å². The summed E-state index contributed by atoms with van der Waals surface area (Å²) >= 11 is 0. The van der Waals surface area contributed by atoms with E-state index in [4.69, 9.17) is 10.5 Å². The summed E-state index contributed by atoms with van der Waals surface area (Å²) in [6, 6.07) is 5.54. The van der Waals surface area contributed by atoms with Crippen LogP contribution >= 0.6 is 0 Å². The van der Waals surface area contributed by atoms with Crippen molar-refractivity contribution in [1.82, 2.24) is 0 Å². The summed E-state index contributed by atoms with van der Waals surface area (Å²) in [4.78, 5) is 0. The first-order chi connectivity index (χ1) is 12.4. The Morgan fingerprint density at radius 2 is 1.81 bits per heavy atom. The van der Waals surface area contributed by atoms with E-state index in [9.17, 15) is 10.2 Å². The molecular formula is C22H39NO3. The third-order valence-electron chi connectivity index (χ3n) is 5.14. The third kappa shape index (κ3) is 8.91. The summed E-state index contributed by atoms with van der Waals surface area (Å²) in [6.07, 6.45) is 9.53. The summed E-state index contributed by atoms with van der Waals surface area (Å²) < 4.78 is 5.71. The zero-order valence-electron chi connectivity index (χ0n) is 17.0. The van der Waals surface area contributed by atoms with E-state index in [1.807, 2.05) is 19.1 Å². The minimum atomic E-state index is -0.542. The number of aliphatic hydroxyl groups excluding tert-OH is 1. The number of benzene rings is 1. The molecule has 0 aliphatic heterocycles. The Hall–Kier alpha value is -1.26. The zero-order valence-corrected chi connectivity index (χ0v) is 17.0. The van der Waals surface area contributed by atoms with Crippen LogP contribution in [-0.2, 0) is 6.42 Å². The number of nitrogens with two attached hydrogens (primary N) is 1. The largest absolute Gasteiger partial charge is 0.504 e. The highest BCUT2D eigenvalue weighted by atomic mass is 16.5. The molecule has 0 saturated heterocycles. The van der Waals surface area contributed by atoms with Gasteiger partial charge in [-0.15, -0.1) is 0 Å². The lowest BCUT2D eigenvalue weighted by Crippen LogP contribution is -2.43. The van der Waals surface area contributed by atoms with Gasteiger partial charge in [-0.2, -0.15) is 0 Å². The van der Waals surface area contributed by atoms with Crippen molar-refractivity contribution in [2.75, 3.05) is 13.2 Å². The average molecular weight is 366 g/mol. The lowest BCUT2D eigenvalue weighted by atomic mass is 9.90. The standard InChI is InChI=1S/C22H39NO3/c1-4-22(23,17-24)14-13-19-11-12-21(20(25)16-19)26-15-9-7-5-6-8-10-18(2)3/h11-12,16,18,24-25H,4-10,13-15,17,23H2,1-3H3. The zero-order chi connectivity index (χ0) is 19.4. The molecule has 0 fully saturated rings. The summed E-state index contributed by atoms with van der Waals surface area (Å²) in [7, 11) is 0. The molecule has 26 heavy (non-hydrogen) atoms. The molecule has 0 aliphatic rings. The molecule has 0 aliphatic carbocycles. The van der Waals surface area contributed by atoms with Crippen LogP contribution in [0.1, 0.15) is 77.7 Å². The molecule has 0 spiro atoms. The quantitative estimate of drug-likeness (QED) is 0.414. The van der Waals surface area contributed by atoms with E-state index < -0.39 is 5.54 Å². The van der Waals surface area contributed by atoms with Gasteiger partial charge < -0.3 is 20.7 Å². The van der Waals surface area contributed by atoms with Crippen molar-refractivity contribution < 1.29 is 14.9 Å². The number of aromatic hydroxyl groups is 1. The van der Waals surface area contributed by atoms with Gasteiger partial charge in [0, 0.05) is 5.54 Å². The highest BCUT2D eigenvalue weighted by Crippen LogP contribution is 2.28. The monoisotopic (exact) mass is 365 g/mol. The van der Waals surface area contributed by atoms with Gasteiger partial charge >= 0.3 is 0 Å². The van der Waals surface area contributed by atoms with Gasteiger partial charge in [-0.3, -0.25) is 0 Å². The van der Waals surface area contributed by atoms with Crippen LogP contribution in [0.2, 0.25) is 0 Å². The van der Waals surface area contributed by atoms with Gasteiger partial charge in [-0.1, -0.05) is 58.9 Å². The van der Waals surface area contributed by atoms with E-state index in [0.717, 1.165) is 30.7 Å². The first-order valence-electron chi connectivity index (χ1n) is 10.2. The number of hydrogen-bond donors (Lipinski definition) is 3. The molecule has 1 atom stereocenters. The Morgan fingerprint density at radius 3 is 2.42 bits per heavy atom. The number of unbranched alkanes of at least 4 members (excludes halogenated alkanes) is 4. The van der Waals surface area contributed by atoms with E-state index in [-0.39, 0.29) is 12.4 Å². The number of hydrogen-bond acceptors (Lipinski definition) is 4. The maximum absolute atomic E-state index is 10.2. The predicted molar refractivity (Wildman–Crippen MR) is 109 cm³/mol. The second-order valence-electron chi connectivity index (χ2n) is 7.97. The molecule has 0 amide bonds. The number of aliphatic hydroxyl groups is 1. The second kappa shape index (κ2) is 12.2. The fraction of sp³-hybridized carbons (Fsp3) is 0.727. The molecule has 0 bridgehead atoms. The molecule has 1 aromatic carbocycles. The molecule has 150 valence electrons. The summed E-state index contributed by atoms with van der Waals surface area (Å²) in [5.41, 5.74) is 6.58. The fourth-order valence-corrected chi connectivity index (χ4v) is 2.97. The molecule has 0 radical (unpaired) electrons. The highest BCUT2D eigenvalue weighted by molar-refractivity contribution is 5.41. The van der Waals surface area contributed by atoms with Crippen LogP contribution in [0.5, 0.6) is 11.5 Å². The Balaban J connectivity index is 2.28. The van der Waals surface area contributed by atoms with E-state index in [0.29, 0.717) is 18.8 Å². The van der Waals surface area contributed by atoms with Gasteiger partial charge in [-0.25, -0.2) is 0 Å². The van der Waals surface area contributed by atoms with Crippen LogP contribution in [0.4, 0.5) is 0 Å². The molecule has 4 nitrogen and oxygen atoms in total. The molecule has 0 aromatic heterocycles. The van der Waals surface area contributed by atoms with E-state index >= 15 is 0 Å². The summed E-state index contributed by atoms with van der Waals surface area (Å²) in [5, 5.41) is 19.5. The molecule has 1 rings (SSSR count). The van der Waals surface area contributed by atoms with Crippen LogP contribution < -0.4 is 10.5 Å². The smallest absolute Gasteiger partial charge is 0.160 e. The Bertz CT molecular complexity index is 498. The molecule has 1 aromatic rings. The van der Waals surface area contributed by atoms with Crippen LogP contribution in [0.15, 0.2) is 18.2 Å². The van der Waals surface area contributed by atoms with E-state index in [2.05, 4.69) is 13.8 Å². The summed E-state index contributed by atoms with van der Waals surface area (Å²) in [6.45, 7) is 7.15. The molecular weight excluding hydrogens is 326 g/mol. The predicted octanol–water partition coefficient (Wildman–Crippen LogP) is 4.80. The topological polar surface area (TPSA) is 75.7 Å². The van der Waals surface area contributed by atoms with Crippen molar-refractivity contribution >= 4 is 0 Å². The van der Waals surface area contributed by atoms with E-state index in [1.165, 1.54) is 32.1 Å². The number of ether oxygens (including phenoxy) is 1. The molecule has 1 unspecified atom stereocenters. The Kier molecular flexibility index (Phi) is 10.7. The Morgan fingerprint density at radius 1 is 1.12 bits per heavy atom. The number of phenols is 1. The normalized spacial score (nSPS) is 13.8. The lowest BCUT2D eigenvalue weighted by molar-refractivity contribution is 0.183. The minimum absolute atomic E-state index is 0.0197. The van der Waals surface area contributed by atoms with Crippen LogP contribution in [0, 0.1) is 5.92 Å². The third-order valence-corrected chi connectivity index (χ3v) is 5.14. The SMILES string of the molecule is CCC(N)(CO)CCc1ccc(OCCCCCCCC(C)C)c(O)c1. The maximum Gasteiger partial charge on any atom is 0.160 e. The first-order valence-corrected chi connectivity index (χ1v) is 10.2.